The molecule has 0 heterocycles. The zero-order valence-corrected chi connectivity index (χ0v) is 12.4. The molecular weight excluding hydrogens is 326 g/mol. The van der Waals surface area contributed by atoms with E-state index < -0.39 is 5.82 Å². The van der Waals surface area contributed by atoms with E-state index in [1.807, 2.05) is 0 Å². The van der Waals surface area contributed by atoms with E-state index in [0.29, 0.717) is 26.9 Å². The molecule has 0 fully saturated rings. The van der Waals surface area contributed by atoms with Crippen LogP contribution in [0.3, 0.4) is 0 Å². The molecule has 0 aliphatic carbocycles. The third-order valence-corrected chi connectivity index (χ3v) is 3.41. The van der Waals surface area contributed by atoms with Gasteiger partial charge in [0.25, 0.3) is 0 Å². The molecule has 0 aliphatic rings. The molecule has 2 aromatic rings. The quantitative estimate of drug-likeness (QED) is 0.865. The number of rotatable bonds is 4. The van der Waals surface area contributed by atoms with E-state index in [4.69, 9.17) is 39.5 Å². The molecule has 106 valence electrons. The third-order valence-electron chi connectivity index (χ3n) is 2.62. The van der Waals surface area contributed by atoms with Crippen LogP contribution in [0.25, 0.3) is 0 Å². The first-order chi connectivity index (χ1) is 9.51. The van der Waals surface area contributed by atoms with E-state index in [0.717, 1.165) is 0 Å². The van der Waals surface area contributed by atoms with Gasteiger partial charge in [-0.3, -0.25) is 0 Å². The Morgan fingerprint density at radius 3 is 2.45 bits per heavy atom. The molecule has 1 N–H and O–H groups in total. The van der Waals surface area contributed by atoms with Crippen molar-refractivity contribution in [2.45, 2.75) is 13.2 Å². The molecule has 2 aromatic carbocycles. The van der Waals surface area contributed by atoms with Gasteiger partial charge >= 0.3 is 0 Å². The van der Waals surface area contributed by atoms with Crippen LogP contribution in [0.5, 0.6) is 5.75 Å². The Morgan fingerprint density at radius 1 is 1.05 bits per heavy atom. The van der Waals surface area contributed by atoms with Gasteiger partial charge in [0.05, 0.1) is 16.7 Å². The van der Waals surface area contributed by atoms with Gasteiger partial charge in [-0.25, -0.2) is 4.39 Å². The molecule has 0 radical (unpaired) electrons. The lowest BCUT2D eigenvalue weighted by atomic mass is 10.2. The number of aliphatic hydroxyl groups is 1. The average Bonchev–Trinajstić information content (AvgIpc) is 2.40. The Balaban J connectivity index is 2.20. The molecule has 0 unspecified atom stereocenters. The van der Waals surface area contributed by atoms with E-state index in [1.54, 1.807) is 12.1 Å². The minimum absolute atomic E-state index is 0.0238. The fraction of sp³-hybridized carbons (Fsp3) is 0.143. The Kier molecular flexibility index (Phi) is 5.11. The fourth-order valence-electron chi connectivity index (χ4n) is 1.68. The van der Waals surface area contributed by atoms with Crippen LogP contribution in [-0.4, -0.2) is 5.11 Å². The summed E-state index contributed by atoms with van der Waals surface area (Å²) in [7, 11) is 0. The molecule has 20 heavy (non-hydrogen) atoms. The standard InChI is InChI=1S/C14H10Cl3FO2/c15-10-4-9(6-19)14(12(17)5-10)20-7-8-1-2-13(18)11(16)3-8/h1-5,19H,6-7H2. The Hall–Kier alpha value is -1.00. The predicted octanol–water partition coefficient (Wildman–Crippen LogP) is 4.86. The second-order valence-electron chi connectivity index (χ2n) is 4.07. The molecule has 0 spiro atoms. The monoisotopic (exact) mass is 334 g/mol. The summed E-state index contributed by atoms with van der Waals surface area (Å²) in [5.74, 6) is -0.144. The maximum atomic E-state index is 13.0. The molecule has 6 heteroatoms. The van der Waals surface area contributed by atoms with E-state index in [9.17, 15) is 9.50 Å². The van der Waals surface area contributed by atoms with E-state index in [1.165, 1.54) is 18.2 Å². The van der Waals surface area contributed by atoms with Crippen LogP contribution < -0.4 is 4.74 Å². The summed E-state index contributed by atoms with van der Waals surface area (Å²) in [5.41, 5.74) is 1.17. The van der Waals surface area contributed by atoms with Crippen LogP contribution in [0.2, 0.25) is 15.1 Å². The first-order valence-corrected chi connectivity index (χ1v) is 6.80. The first-order valence-electron chi connectivity index (χ1n) is 5.66. The second kappa shape index (κ2) is 6.64. The summed E-state index contributed by atoms with van der Waals surface area (Å²) in [6, 6.07) is 7.39. The summed E-state index contributed by atoms with van der Waals surface area (Å²) in [5, 5.41) is 10.0. The Bertz CT molecular complexity index is 632. The summed E-state index contributed by atoms with van der Waals surface area (Å²) in [6.07, 6.45) is 0. The minimum Gasteiger partial charge on any atom is -0.487 e. The van der Waals surface area contributed by atoms with Crippen molar-refractivity contribution < 1.29 is 14.2 Å². The third kappa shape index (κ3) is 3.55. The van der Waals surface area contributed by atoms with Gasteiger partial charge in [-0.05, 0) is 29.8 Å². The maximum Gasteiger partial charge on any atom is 0.144 e. The van der Waals surface area contributed by atoms with Crippen molar-refractivity contribution in [3.63, 3.8) is 0 Å². The topological polar surface area (TPSA) is 29.5 Å². The van der Waals surface area contributed by atoms with Crippen molar-refractivity contribution in [1.82, 2.24) is 0 Å². The highest BCUT2D eigenvalue weighted by Crippen LogP contribution is 2.33. The normalized spacial score (nSPS) is 10.7. The van der Waals surface area contributed by atoms with Crippen molar-refractivity contribution in [2.24, 2.45) is 0 Å². The van der Waals surface area contributed by atoms with Gasteiger partial charge in [0.2, 0.25) is 0 Å². The van der Waals surface area contributed by atoms with Crippen LogP contribution >= 0.6 is 34.8 Å². The lowest BCUT2D eigenvalue weighted by Crippen LogP contribution is -2.00. The van der Waals surface area contributed by atoms with Crippen molar-refractivity contribution in [2.75, 3.05) is 0 Å². The fourth-order valence-corrected chi connectivity index (χ4v) is 2.47. The van der Waals surface area contributed by atoms with Gasteiger partial charge in [0.15, 0.2) is 0 Å². The summed E-state index contributed by atoms with van der Waals surface area (Å²) >= 11 is 17.6. The van der Waals surface area contributed by atoms with Gasteiger partial charge < -0.3 is 9.84 Å². The molecule has 2 nitrogen and oxygen atoms in total. The van der Waals surface area contributed by atoms with Crippen LogP contribution in [0.4, 0.5) is 4.39 Å². The number of hydrogen-bond donors (Lipinski definition) is 1. The van der Waals surface area contributed by atoms with Crippen LogP contribution in [0.1, 0.15) is 11.1 Å². The smallest absolute Gasteiger partial charge is 0.144 e. The van der Waals surface area contributed by atoms with Gasteiger partial charge in [0.1, 0.15) is 18.2 Å². The van der Waals surface area contributed by atoms with Crippen LogP contribution in [0, 0.1) is 5.82 Å². The van der Waals surface area contributed by atoms with Gasteiger partial charge in [0, 0.05) is 10.6 Å². The van der Waals surface area contributed by atoms with Crippen molar-refractivity contribution in [3.05, 3.63) is 62.3 Å². The van der Waals surface area contributed by atoms with E-state index in [2.05, 4.69) is 0 Å². The first kappa shape index (κ1) is 15.4. The summed E-state index contributed by atoms with van der Waals surface area (Å²) < 4.78 is 18.6. The Morgan fingerprint density at radius 2 is 1.80 bits per heavy atom. The second-order valence-corrected chi connectivity index (χ2v) is 5.32. The van der Waals surface area contributed by atoms with E-state index >= 15 is 0 Å². The zero-order chi connectivity index (χ0) is 14.7. The molecular formula is C14H10Cl3FO2. The number of halogens is 4. The van der Waals surface area contributed by atoms with Crippen molar-refractivity contribution in [1.29, 1.82) is 0 Å². The molecule has 0 saturated carbocycles. The number of benzene rings is 2. The minimum atomic E-state index is -0.490. The predicted molar refractivity (Wildman–Crippen MR) is 78.1 cm³/mol. The van der Waals surface area contributed by atoms with Gasteiger partial charge in [-0.1, -0.05) is 40.9 Å². The molecule has 0 atom stereocenters. The summed E-state index contributed by atoms with van der Waals surface area (Å²) in [6.45, 7) is -0.103. The van der Waals surface area contributed by atoms with Crippen molar-refractivity contribution in [3.8, 4) is 5.75 Å². The molecule has 0 bridgehead atoms. The molecule has 0 saturated heterocycles. The SMILES string of the molecule is OCc1cc(Cl)cc(Cl)c1OCc1ccc(F)c(Cl)c1. The zero-order valence-electron chi connectivity index (χ0n) is 10.2. The highest BCUT2D eigenvalue weighted by molar-refractivity contribution is 6.35. The van der Waals surface area contributed by atoms with Crippen LogP contribution in [-0.2, 0) is 13.2 Å². The molecule has 0 amide bonds. The van der Waals surface area contributed by atoms with Crippen LogP contribution in [0.15, 0.2) is 30.3 Å². The van der Waals surface area contributed by atoms with Gasteiger partial charge in [-0.2, -0.15) is 0 Å². The van der Waals surface area contributed by atoms with E-state index in [-0.39, 0.29) is 18.2 Å². The largest absolute Gasteiger partial charge is 0.487 e. The average molecular weight is 336 g/mol. The number of ether oxygens (including phenoxy) is 1. The number of hydrogen-bond acceptors (Lipinski definition) is 2. The molecule has 2 rings (SSSR count). The summed E-state index contributed by atoms with van der Waals surface area (Å²) in [4.78, 5) is 0. The Labute approximate surface area is 130 Å². The lowest BCUT2D eigenvalue weighted by Gasteiger charge is -2.13. The maximum absolute atomic E-state index is 13.0. The molecule has 0 aliphatic heterocycles. The highest BCUT2D eigenvalue weighted by Gasteiger charge is 2.11. The highest BCUT2D eigenvalue weighted by atomic mass is 35.5. The van der Waals surface area contributed by atoms with Gasteiger partial charge in [-0.15, -0.1) is 0 Å². The lowest BCUT2D eigenvalue weighted by molar-refractivity contribution is 0.259. The van der Waals surface area contributed by atoms with Crippen molar-refractivity contribution >= 4 is 34.8 Å². The number of aliphatic hydroxyl groups excluding tert-OH is 1. The molecule has 0 aromatic heterocycles.